The number of rotatable bonds is 10. The lowest BCUT2D eigenvalue weighted by atomic mass is 10.1. The third-order valence-corrected chi connectivity index (χ3v) is 4.37. The average molecular weight is 357 g/mol. The van der Waals surface area contributed by atoms with Crippen molar-refractivity contribution in [3.05, 3.63) is 60.2 Å². The van der Waals surface area contributed by atoms with E-state index in [-0.39, 0.29) is 0 Å². The minimum Gasteiger partial charge on any atom is -0.491 e. The fourth-order valence-electron chi connectivity index (χ4n) is 2.85. The van der Waals surface area contributed by atoms with Crippen molar-refractivity contribution < 1.29 is 18.9 Å². The van der Waals surface area contributed by atoms with E-state index in [4.69, 9.17) is 24.7 Å². The van der Waals surface area contributed by atoms with Crippen LogP contribution in [0.15, 0.2) is 54.6 Å². The highest BCUT2D eigenvalue weighted by Gasteiger charge is 2.29. The van der Waals surface area contributed by atoms with Gasteiger partial charge in [-0.05, 0) is 42.7 Å². The molecule has 0 saturated carbocycles. The maximum atomic E-state index is 6.10. The Hall–Kier alpha value is -2.08. The van der Waals surface area contributed by atoms with Crippen LogP contribution in [0.25, 0.3) is 0 Å². The normalized spacial score (nSPS) is 19.4. The van der Waals surface area contributed by atoms with Crippen LogP contribution in [-0.2, 0) is 16.1 Å². The Morgan fingerprint density at radius 3 is 2.31 bits per heavy atom. The molecule has 0 amide bonds. The molecule has 1 heterocycles. The maximum absolute atomic E-state index is 6.10. The molecular formula is C21H27NO4. The quantitative estimate of drug-likeness (QED) is 0.659. The molecule has 5 heteroatoms. The summed E-state index contributed by atoms with van der Waals surface area (Å²) in [6.07, 6.45) is 2.66. The molecule has 1 saturated heterocycles. The van der Waals surface area contributed by atoms with E-state index >= 15 is 0 Å². The predicted octanol–water partition coefficient (Wildman–Crippen LogP) is 3.52. The first-order valence-electron chi connectivity index (χ1n) is 9.14. The molecule has 0 radical (unpaired) electrons. The Bertz CT molecular complexity index is 639. The summed E-state index contributed by atoms with van der Waals surface area (Å²) >= 11 is 0. The molecule has 1 fully saturated rings. The van der Waals surface area contributed by atoms with Crippen molar-refractivity contribution >= 4 is 0 Å². The average Bonchev–Trinajstić information content (AvgIpc) is 3.11. The van der Waals surface area contributed by atoms with Crippen molar-refractivity contribution in [3.63, 3.8) is 0 Å². The van der Waals surface area contributed by atoms with Crippen LogP contribution in [0.4, 0.5) is 0 Å². The zero-order valence-electron chi connectivity index (χ0n) is 15.1. The number of hydrogen-bond acceptors (Lipinski definition) is 5. The second-order valence-corrected chi connectivity index (χ2v) is 6.47. The van der Waals surface area contributed by atoms with Gasteiger partial charge in [0.05, 0.1) is 13.2 Å². The third-order valence-electron chi connectivity index (χ3n) is 4.37. The monoisotopic (exact) mass is 357 g/mol. The van der Waals surface area contributed by atoms with Gasteiger partial charge in [0.15, 0.2) is 0 Å². The van der Waals surface area contributed by atoms with Crippen LogP contribution in [-0.4, -0.2) is 32.2 Å². The largest absolute Gasteiger partial charge is 0.491 e. The SMILES string of the molecule is NC1(CCOCCOc2ccc(OCc3ccccc3)cc2)CCCO1. The van der Waals surface area contributed by atoms with Gasteiger partial charge in [0.25, 0.3) is 0 Å². The Labute approximate surface area is 155 Å². The lowest BCUT2D eigenvalue weighted by Gasteiger charge is -2.22. The fourth-order valence-corrected chi connectivity index (χ4v) is 2.85. The summed E-state index contributed by atoms with van der Waals surface area (Å²) in [5, 5.41) is 0. The van der Waals surface area contributed by atoms with Crippen LogP contribution >= 0.6 is 0 Å². The number of nitrogens with two attached hydrogens (primary N) is 1. The van der Waals surface area contributed by atoms with E-state index in [0.29, 0.717) is 26.4 Å². The van der Waals surface area contributed by atoms with Crippen molar-refractivity contribution in [2.45, 2.75) is 31.6 Å². The summed E-state index contributed by atoms with van der Waals surface area (Å²) in [4.78, 5) is 0. The van der Waals surface area contributed by atoms with Gasteiger partial charge < -0.3 is 24.7 Å². The van der Waals surface area contributed by atoms with Gasteiger partial charge in [-0.3, -0.25) is 0 Å². The molecule has 0 spiro atoms. The standard InChI is InChI=1S/C21H27NO4/c22-21(11-4-13-26-21)12-14-23-15-16-24-19-7-9-20(10-8-19)25-17-18-5-2-1-3-6-18/h1-3,5-10H,4,11-17,22H2. The molecule has 0 bridgehead atoms. The van der Waals surface area contributed by atoms with Crippen LogP contribution in [0.5, 0.6) is 11.5 Å². The minimum absolute atomic E-state index is 0.490. The maximum Gasteiger partial charge on any atom is 0.120 e. The summed E-state index contributed by atoms with van der Waals surface area (Å²) < 4.78 is 22.6. The lowest BCUT2D eigenvalue weighted by molar-refractivity contribution is -0.0226. The van der Waals surface area contributed by atoms with Gasteiger partial charge in [-0.15, -0.1) is 0 Å². The van der Waals surface area contributed by atoms with E-state index < -0.39 is 5.72 Å². The third kappa shape index (κ3) is 6.02. The molecule has 1 aliphatic rings. The smallest absolute Gasteiger partial charge is 0.120 e. The van der Waals surface area contributed by atoms with Crippen molar-refractivity contribution in [3.8, 4) is 11.5 Å². The van der Waals surface area contributed by atoms with Gasteiger partial charge in [0.2, 0.25) is 0 Å². The first kappa shape index (κ1) is 18.7. The number of benzene rings is 2. The molecular weight excluding hydrogens is 330 g/mol. The molecule has 26 heavy (non-hydrogen) atoms. The van der Waals surface area contributed by atoms with Crippen LogP contribution in [0.2, 0.25) is 0 Å². The zero-order chi connectivity index (χ0) is 18.1. The van der Waals surface area contributed by atoms with Crippen molar-refractivity contribution in [1.29, 1.82) is 0 Å². The molecule has 1 unspecified atom stereocenters. The topological polar surface area (TPSA) is 62.9 Å². The van der Waals surface area contributed by atoms with Crippen molar-refractivity contribution in [2.24, 2.45) is 5.73 Å². The Morgan fingerprint density at radius 2 is 1.62 bits per heavy atom. The number of ether oxygens (including phenoxy) is 4. The Balaban J connectivity index is 1.29. The molecule has 0 aromatic heterocycles. The van der Waals surface area contributed by atoms with Gasteiger partial charge in [0, 0.05) is 13.0 Å². The highest BCUT2D eigenvalue weighted by Crippen LogP contribution is 2.23. The highest BCUT2D eigenvalue weighted by atomic mass is 16.5. The zero-order valence-corrected chi connectivity index (χ0v) is 15.1. The second-order valence-electron chi connectivity index (χ2n) is 6.47. The molecule has 2 aromatic carbocycles. The van der Waals surface area contributed by atoms with E-state index in [1.165, 1.54) is 0 Å². The molecule has 2 N–H and O–H groups in total. The second kappa shape index (κ2) is 9.57. The molecule has 2 aromatic rings. The summed E-state index contributed by atoms with van der Waals surface area (Å²) in [6.45, 7) is 2.93. The van der Waals surface area contributed by atoms with Crippen LogP contribution in [0.3, 0.4) is 0 Å². The van der Waals surface area contributed by atoms with Crippen molar-refractivity contribution in [2.75, 3.05) is 26.4 Å². The van der Waals surface area contributed by atoms with Crippen LogP contribution in [0.1, 0.15) is 24.8 Å². The molecule has 3 rings (SSSR count). The van der Waals surface area contributed by atoms with Gasteiger partial charge in [0.1, 0.15) is 30.4 Å². The van der Waals surface area contributed by atoms with Crippen molar-refractivity contribution in [1.82, 2.24) is 0 Å². The van der Waals surface area contributed by atoms with Crippen LogP contribution < -0.4 is 15.2 Å². The Morgan fingerprint density at radius 1 is 0.885 bits per heavy atom. The van der Waals surface area contributed by atoms with E-state index in [0.717, 1.165) is 42.9 Å². The fraction of sp³-hybridized carbons (Fsp3) is 0.429. The van der Waals surface area contributed by atoms with Gasteiger partial charge in [-0.2, -0.15) is 0 Å². The minimum atomic E-state index is -0.490. The number of hydrogen-bond donors (Lipinski definition) is 1. The molecule has 5 nitrogen and oxygen atoms in total. The summed E-state index contributed by atoms with van der Waals surface area (Å²) in [7, 11) is 0. The van der Waals surface area contributed by atoms with E-state index in [1.54, 1.807) is 0 Å². The Kier molecular flexibility index (Phi) is 6.89. The van der Waals surface area contributed by atoms with Gasteiger partial charge in [-0.25, -0.2) is 0 Å². The summed E-state index contributed by atoms with van der Waals surface area (Å²) in [6, 6.07) is 17.7. The summed E-state index contributed by atoms with van der Waals surface area (Å²) in [5.41, 5.74) is 6.75. The van der Waals surface area contributed by atoms with Crippen LogP contribution in [0, 0.1) is 0 Å². The predicted molar refractivity (Wildman–Crippen MR) is 100 cm³/mol. The molecule has 140 valence electrons. The highest BCUT2D eigenvalue weighted by molar-refractivity contribution is 5.31. The first-order valence-corrected chi connectivity index (χ1v) is 9.14. The van der Waals surface area contributed by atoms with E-state index in [1.807, 2.05) is 54.6 Å². The van der Waals surface area contributed by atoms with Gasteiger partial charge >= 0.3 is 0 Å². The van der Waals surface area contributed by atoms with E-state index in [2.05, 4.69) is 0 Å². The first-order chi connectivity index (χ1) is 12.7. The van der Waals surface area contributed by atoms with Gasteiger partial charge in [-0.1, -0.05) is 30.3 Å². The lowest BCUT2D eigenvalue weighted by Crippen LogP contribution is -2.39. The molecule has 0 aliphatic carbocycles. The molecule has 1 aliphatic heterocycles. The summed E-state index contributed by atoms with van der Waals surface area (Å²) in [5.74, 6) is 1.62. The van der Waals surface area contributed by atoms with E-state index in [9.17, 15) is 0 Å². The molecule has 1 atom stereocenters.